The number of carbonyl (C=O) groups is 1. The molecule has 0 unspecified atom stereocenters. The predicted octanol–water partition coefficient (Wildman–Crippen LogP) is 3.28. The molecule has 0 radical (unpaired) electrons. The maximum atomic E-state index is 13.6. The molecular formula is C25H36N2O5S. The Morgan fingerprint density at radius 2 is 2.06 bits per heavy atom. The smallest absolute Gasteiger partial charge is 0.247 e. The number of hydrogen-bond acceptors (Lipinski definition) is 5. The number of aliphatic hydroxyl groups excluding tert-OH is 1. The van der Waals surface area contributed by atoms with Crippen LogP contribution in [0.3, 0.4) is 0 Å². The molecule has 1 amide bonds. The monoisotopic (exact) mass is 476 g/mol. The van der Waals surface area contributed by atoms with E-state index in [9.17, 15) is 18.3 Å². The molecule has 7 nitrogen and oxygen atoms in total. The van der Waals surface area contributed by atoms with Crippen molar-refractivity contribution in [1.82, 2.24) is 9.21 Å². The van der Waals surface area contributed by atoms with Crippen LogP contribution >= 0.6 is 0 Å². The minimum absolute atomic E-state index is 0.113. The lowest BCUT2D eigenvalue weighted by Crippen LogP contribution is -2.50. The molecule has 0 spiro atoms. The second kappa shape index (κ2) is 9.76. The number of fused-ring (bicyclic) bond motifs is 1. The summed E-state index contributed by atoms with van der Waals surface area (Å²) in [6, 6.07) is 4.79. The zero-order chi connectivity index (χ0) is 23.8. The average molecular weight is 477 g/mol. The second-order valence-electron chi connectivity index (χ2n) is 9.87. The molecule has 1 heterocycles. The van der Waals surface area contributed by atoms with Gasteiger partial charge in [0, 0.05) is 31.5 Å². The first-order chi connectivity index (χ1) is 15.7. The standard InChI is InChI=1S/C25H36N2O5S/c1-17-14-27(18(2)16-28)33(30,31)24-12-11-21(19-7-5-4-6-8-19)13-22(24)32-23(17)15-26(3)25(29)20-9-10-20/h7,11-13,17-18,20,23,28H,4-6,8-10,14-16H2,1-3H3/t17-,18-,23-/m1/s1. The van der Waals surface area contributed by atoms with Gasteiger partial charge in [0.2, 0.25) is 15.9 Å². The van der Waals surface area contributed by atoms with Gasteiger partial charge in [0.05, 0.1) is 13.2 Å². The van der Waals surface area contributed by atoms with Crippen LogP contribution in [0.25, 0.3) is 5.57 Å². The van der Waals surface area contributed by atoms with Gasteiger partial charge in [-0.1, -0.05) is 19.1 Å². The third-order valence-electron chi connectivity index (χ3n) is 7.09. The lowest BCUT2D eigenvalue weighted by molar-refractivity contribution is -0.132. The Balaban J connectivity index is 1.73. The van der Waals surface area contributed by atoms with Crippen molar-refractivity contribution >= 4 is 21.5 Å². The molecule has 8 heteroatoms. The van der Waals surface area contributed by atoms with Gasteiger partial charge in [-0.15, -0.1) is 0 Å². The molecule has 1 aliphatic heterocycles. The number of nitrogens with zero attached hydrogens (tertiary/aromatic N) is 2. The average Bonchev–Trinajstić information content (AvgIpc) is 3.66. The first-order valence-electron chi connectivity index (χ1n) is 12.1. The topological polar surface area (TPSA) is 87.2 Å². The highest BCUT2D eigenvalue weighted by molar-refractivity contribution is 7.89. The van der Waals surface area contributed by atoms with Crippen LogP contribution in [0.5, 0.6) is 5.75 Å². The van der Waals surface area contributed by atoms with Crippen LogP contribution in [0, 0.1) is 11.8 Å². The van der Waals surface area contributed by atoms with Crippen molar-refractivity contribution in [3.05, 3.63) is 29.8 Å². The number of aliphatic hydroxyl groups is 1. The summed E-state index contributed by atoms with van der Waals surface area (Å²) in [6.45, 7) is 4.01. The first-order valence-corrected chi connectivity index (χ1v) is 13.5. The fraction of sp³-hybridized carbons (Fsp3) is 0.640. The van der Waals surface area contributed by atoms with E-state index in [-0.39, 0.29) is 41.9 Å². The van der Waals surface area contributed by atoms with Crippen LogP contribution in [0.15, 0.2) is 29.2 Å². The zero-order valence-corrected chi connectivity index (χ0v) is 20.7. The summed E-state index contributed by atoms with van der Waals surface area (Å²) in [5, 5.41) is 9.78. The first kappa shape index (κ1) is 24.2. The van der Waals surface area contributed by atoms with Gasteiger partial charge in [0.25, 0.3) is 0 Å². The molecule has 3 aliphatic rings. The fourth-order valence-electron chi connectivity index (χ4n) is 4.75. The SMILES string of the molecule is C[C@@H]1CN([C@H](C)CO)S(=O)(=O)c2ccc(C3=CCCCC3)cc2O[C@@H]1CN(C)C(=O)C1CC1. The summed E-state index contributed by atoms with van der Waals surface area (Å²) in [5.41, 5.74) is 2.21. The van der Waals surface area contributed by atoms with Crippen LogP contribution in [-0.4, -0.2) is 67.5 Å². The highest BCUT2D eigenvalue weighted by Gasteiger charge is 2.39. The molecule has 1 aromatic carbocycles. The van der Waals surface area contributed by atoms with E-state index in [0.717, 1.165) is 37.7 Å². The van der Waals surface area contributed by atoms with E-state index in [1.54, 1.807) is 24.9 Å². The number of benzene rings is 1. The summed E-state index contributed by atoms with van der Waals surface area (Å²) in [4.78, 5) is 14.4. The van der Waals surface area contributed by atoms with E-state index >= 15 is 0 Å². The van der Waals surface area contributed by atoms with Crippen molar-refractivity contribution in [3.8, 4) is 5.75 Å². The Bertz CT molecular complexity index is 1020. The number of hydrogen-bond donors (Lipinski definition) is 1. The number of rotatable bonds is 6. The van der Waals surface area contributed by atoms with Crippen LogP contribution in [-0.2, 0) is 14.8 Å². The van der Waals surface area contributed by atoms with Gasteiger partial charge in [-0.25, -0.2) is 8.42 Å². The van der Waals surface area contributed by atoms with E-state index in [2.05, 4.69) is 6.08 Å². The van der Waals surface area contributed by atoms with Crippen molar-refractivity contribution in [2.75, 3.05) is 26.7 Å². The number of carbonyl (C=O) groups excluding carboxylic acids is 1. The lowest BCUT2D eigenvalue weighted by atomic mass is 9.93. The second-order valence-corrected chi connectivity index (χ2v) is 11.7. The summed E-state index contributed by atoms with van der Waals surface area (Å²) in [5.74, 6) is 0.400. The number of likely N-dealkylation sites (N-methyl/N-ethyl adjacent to an activating group) is 1. The van der Waals surface area contributed by atoms with Crippen LogP contribution < -0.4 is 4.74 Å². The summed E-state index contributed by atoms with van der Waals surface area (Å²) >= 11 is 0. The Hall–Kier alpha value is -1.90. The Morgan fingerprint density at radius 3 is 2.70 bits per heavy atom. The number of amides is 1. The maximum Gasteiger partial charge on any atom is 0.247 e. The van der Waals surface area contributed by atoms with Crippen molar-refractivity contribution < 1.29 is 23.1 Å². The molecule has 33 heavy (non-hydrogen) atoms. The highest BCUT2D eigenvalue weighted by atomic mass is 32.2. The molecule has 2 aliphatic carbocycles. The van der Waals surface area contributed by atoms with Crippen molar-refractivity contribution in [2.24, 2.45) is 11.8 Å². The molecule has 3 atom stereocenters. The Kier molecular flexibility index (Phi) is 7.17. The molecular weight excluding hydrogens is 440 g/mol. The van der Waals surface area contributed by atoms with E-state index < -0.39 is 16.1 Å². The maximum absolute atomic E-state index is 13.6. The van der Waals surface area contributed by atoms with Gasteiger partial charge in [-0.3, -0.25) is 4.79 Å². The predicted molar refractivity (Wildman–Crippen MR) is 127 cm³/mol. The van der Waals surface area contributed by atoms with Gasteiger partial charge in [-0.2, -0.15) is 4.31 Å². The molecule has 0 saturated heterocycles. The van der Waals surface area contributed by atoms with Gasteiger partial charge in [0.1, 0.15) is 16.7 Å². The molecule has 1 fully saturated rings. The number of sulfonamides is 1. The number of allylic oxidation sites excluding steroid dienone is 2. The van der Waals surface area contributed by atoms with Gasteiger partial charge < -0.3 is 14.7 Å². The van der Waals surface area contributed by atoms with Crippen molar-refractivity contribution in [1.29, 1.82) is 0 Å². The van der Waals surface area contributed by atoms with Crippen LogP contribution in [0.4, 0.5) is 0 Å². The number of ether oxygens (including phenoxy) is 1. The Labute approximate surface area is 197 Å². The quantitative estimate of drug-likeness (QED) is 0.681. The minimum Gasteiger partial charge on any atom is -0.487 e. The van der Waals surface area contributed by atoms with Crippen molar-refractivity contribution in [3.63, 3.8) is 0 Å². The molecule has 0 bridgehead atoms. The Morgan fingerprint density at radius 1 is 1.30 bits per heavy atom. The van der Waals surface area contributed by atoms with E-state index in [1.807, 2.05) is 19.1 Å². The lowest BCUT2D eigenvalue weighted by Gasteiger charge is -2.37. The van der Waals surface area contributed by atoms with Gasteiger partial charge in [-0.05, 0) is 68.7 Å². The largest absolute Gasteiger partial charge is 0.487 e. The highest BCUT2D eigenvalue weighted by Crippen LogP contribution is 2.37. The van der Waals surface area contributed by atoms with Crippen molar-refractivity contribution in [2.45, 2.75) is 69.4 Å². The molecule has 182 valence electrons. The van der Waals surface area contributed by atoms with Crippen LogP contribution in [0.2, 0.25) is 0 Å². The van der Waals surface area contributed by atoms with Crippen LogP contribution in [0.1, 0.15) is 57.9 Å². The minimum atomic E-state index is -3.86. The van der Waals surface area contributed by atoms with E-state index in [0.29, 0.717) is 12.3 Å². The molecule has 0 aromatic heterocycles. The van der Waals surface area contributed by atoms with E-state index in [4.69, 9.17) is 4.74 Å². The third-order valence-corrected chi connectivity index (χ3v) is 9.11. The normalized spacial score (nSPS) is 26.2. The summed E-state index contributed by atoms with van der Waals surface area (Å²) in [6.07, 6.45) is 8.03. The molecule has 1 saturated carbocycles. The third kappa shape index (κ3) is 5.12. The summed E-state index contributed by atoms with van der Waals surface area (Å²) in [7, 11) is -2.06. The fourth-order valence-corrected chi connectivity index (χ4v) is 6.57. The molecule has 1 aromatic rings. The molecule has 1 N–H and O–H groups in total. The van der Waals surface area contributed by atoms with Gasteiger partial charge in [0.15, 0.2) is 0 Å². The molecule has 4 rings (SSSR count). The zero-order valence-electron chi connectivity index (χ0n) is 19.9. The van der Waals surface area contributed by atoms with E-state index in [1.165, 1.54) is 16.3 Å². The summed E-state index contributed by atoms with van der Waals surface area (Å²) < 4.78 is 35.0. The van der Waals surface area contributed by atoms with Gasteiger partial charge >= 0.3 is 0 Å².